The van der Waals surface area contributed by atoms with Crippen molar-refractivity contribution in [3.05, 3.63) is 0 Å². The van der Waals surface area contributed by atoms with Crippen LogP contribution in [0.15, 0.2) is 0 Å². The lowest BCUT2D eigenvalue weighted by atomic mass is 10.0. The van der Waals surface area contributed by atoms with Gasteiger partial charge >= 0.3 is 0 Å². The minimum atomic E-state index is -1.15. The van der Waals surface area contributed by atoms with Crippen molar-refractivity contribution in [3.8, 4) is 0 Å². The molecule has 0 aromatic rings. The molecule has 0 aromatic heterocycles. The predicted molar refractivity (Wildman–Crippen MR) is 58.9 cm³/mol. The molecule has 0 radical (unpaired) electrons. The third kappa shape index (κ3) is 2.86. The van der Waals surface area contributed by atoms with Crippen molar-refractivity contribution in [1.29, 1.82) is 0 Å². The Morgan fingerprint density at radius 2 is 2.06 bits per heavy atom. The Morgan fingerprint density at radius 3 is 2.50 bits per heavy atom. The molecule has 0 aromatic carbocycles. The molecule has 1 amide bonds. The average molecular weight is 251 g/mol. The number of methoxy groups -OCH3 is 1. The molecule has 0 spiro atoms. The Morgan fingerprint density at radius 1 is 1.44 bits per heavy atom. The Hall–Kier alpha value is -0.340. The summed E-state index contributed by atoms with van der Waals surface area (Å²) >= 11 is 1.20. The fraction of sp³-hybridized carbons (Fsp3) is 0.889. The summed E-state index contributed by atoms with van der Waals surface area (Å²) in [5.41, 5.74) is -0.487. The summed E-state index contributed by atoms with van der Waals surface area (Å²) in [6.07, 6.45) is -2.23. The van der Waals surface area contributed by atoms with Gasteiger partial charge in [0, 0.05) is 14.0 Å². The largest absolute Gasteiger partial charge is 0.395 e. The first kappa shape index (κ1) is 13.7. The van der Waals surface area contributed by atoms with Crippen LogP contribution < -0.4 is 5.32 Å². The molecule has 1 fully saturated rings. The summed E-state index contributed by atoms with van der Waals surface area (Å²) in [5.74, 6) is -0.304. The molecule has 1 rings (SSSR count). The molecule has 1 heterocycles. The smallest absolute Gasteiger partial charge is 0.217 e. The minimum Gasteiger partial charge on any atom is -0.395 e. The summed E-state index contributed by atoms with van der Waals surface area (Å²) in [6.45, 7) is 1.07. The van der Waals surface area contributed by atoms with Crippen LogP contribution in [0.2, 0.25) is 0 Å². The first-order valence-electron chi connectivity index (χ1n) is 4.93. The highest BCUT2D eigenvalue weighted by atomic mass is 32.2. The second-order valence-corrected chi connectivity index (χ2v) is 5.01. The van der Waals surface area contributed by atoms with E-state index in [1.165, 1.54) is 25.8 Å². The Labute approximate surface area is 98.0 Å². The number of rotatable bonds is 3. The maximum atomic E-state index is 11.0. The van der Waals surface area contributed by atoms with E-state index < -0.39 is 28.9 Å². The van der Waals surface area contributed by atoms with Crippen LogP contribution in [0.25, 0.3) is 0 Å². The molecule has 1 unspecified atom stereocenters. The molecule has 4 N–H and O–H groups in total. The van der Waals surface area contributed by atoms with Crippen molar-refractivity contribution < 1.29 is 24.9 Å². The number of nitrogens with one attached hydrogen (secondary N) is 1. The van der Waals surface area contributed by atoms with Gasteiger partial charge < -0.3 is 25.4 Å². The molecule has 94 valence electrons. The van der Waals surface area contributed by atoms with Gasteiger partial charge in [0.1, 0.15) is 11.5 Å². The summed E-state index contributed by atoms with van der Waals surface area (Å²) in [6, 6.07) is -0.676. The van der Waals surface area contributed by atoms with Gasteiger partial charge in [0.05, 0.1) is 24.0 Å². The van der Waals surface area contributed by atoms with Crippen molar-refractivity contribution in [2.75, 3.05) is 13.7 Å². The Balaban J connectivity index is 2.77. The van der Waals surface area contributed by atoms with E-state index in [-0.39, 0.29) is 12.5 Å². The van der Waals surface area contributed by atoms with Gasteiger partial charge in [0.25, 0.3) is 0 Å². The summed E-state index contributed by atoms with van der Waals surface area (Å²) in [4.78, 5) is 11.0. The highest BCUT2D eigenvalue weighted by Gasteiger charge is 2.44. The Bertz CT molecular complexity index is 250. The number of hydrogen-bond acceptors (Lipinski definition) is 6. The first-order chi connectivity index (χ1) is 7.51. The van der Waals surface area contributed by atoms with Gasteiger partial charge in [0.15, 0.2) is 0 Å². The monoisotopic (exact) mass is 251 g/mol. The molecule has 16 heavy (non-hydrogen) atoms. The molecule has 0 aliphatic carbocycles. The summed E-state index contributed by atoms with van der Waals surface area (Å²) in [5, 5.41) is 30.6. The SMILES string of the molecule is COC1S[C@H](CO)[C@@H](O)[C@H](O)[C@H]1NC(C)=O. The first-order valence-corrected chi connectivity index (χ1v) is 5.88. The van der Waals surface area contributed by atoms with Crippen molar-refractivity contribution in [1.82, 2.24) is 5.32 Å². The van der Waals surface area contributed by atoms with Crippen molar-refractivity contribution in [2.24, 2.45) is 0 Å². The molecule has 7 heteroatoms. The molecule has 1 aliphatic heterocycles. The van der Waals surface area contributed by atoms with Crippen LogP contribution in [-0.4, -0.2) is 63.9 Å². The van der Waals surface area contributed by atoms with E-state index in [0.717, 1.165) is 0 Å². The van der Waals surface area contributed by atoms with E-state index in [1.807, 2.05) is 0 Å². The second-order valence-electron chi connectivity index (χ2n) is 3.67. The van der Waals surface area contributed by atoms with Gasteiger partial charge in [-0.3, -0.25) is 4.79 Å². The van der Waals surface area contributed by atoms with Crippen molar-refractivity contribution >= 4 is 17.7 Å². The molecular weight excluding hydrogens is 234 g/mol. The van der Waals surface area contributed by atoms with Gasteiger partial charge in [-0.05, 0) is 0 Å². The number of aliphatic hydroxyl groups is 3. The zero-order chi connectivity index (χ0) is 12.3. The lowest BCUT2D eigenvalue weighted by Gasteiger charge is -2.41. The Kier molecular flexibility index (Phi) is 5.00. The summed E-state index contributed by atoms with van der Waals surface area (Å²) < 4.78 is 5.12. The van der Waals surface area contributed by atoms with E-state index in [1.54, 1.807) is 0 Å². The molecule has 0 saturated carbocycles. The van der Waals surface area contributed by atoms with Gasteiger partial charge in [0.2, 0.25) is 5.91 Å². The number of amides is 1. The van der Waals surface area contributed by atoms with Crippen LogP contribution in [0.1, 0.15) is 6.92 Å². The van der Waals surface area contributed by atoms with Crippen LogP contribution in [-0.2, 0) is 9.53 Å². The van der Waals surface area contributed by atoms with Crippen LogP contribution in [0.3, 0.4) is 0 Å². The average Bonchev–Trinajstić information content (AvgIpc) is 2.25. The van der Waals surface area contributed by atoms with E-state index in [9.17, 15) is 15.0 Å². The number of thioether (sulfide) groups is 1. The van der Waals surface area contributed by atoms with Crippen LogP contribution in [0.5, 0.6) is 0 Å². The van der Waals surface area contributed by atoms with E-state index in [0.29, 0.717) is 0 Å². The van der Waals surface area contributed by atoms with Crippen molar-refractivity contribution in [2.45, 2.75) is 35.9 Å². The maximum Gasteiger partial charge on any atom is 0.217 e. The van der Waals surface area contributed by atoms with Crippen LogP contribution in [0.4, 0.5) is 0 Å². The van der Waals surface area contributed by atoms with Crippen molar-refractivity contribution in [3.63, 3.8) is 0 Å². The second kappa shape index (κ2) is 5.83. The molecule has 5 atom stereocenters. The van der Waals surface area contributed by atoms with Gasteiger partial charge in [-0.25, -0.2) is 0 Å². The molecule has 0 bridgehead atoms. The number of carbonyl (C=O) groups is 1. The lowest BCUT2D eigenvalue weighted by molar-refractivity contribution is -0.123. The molecule has 6 nitrogen and oxygen atoms in total. The molecule has 1 aliphatic rings. The fourth-order valence-electron chi connectivity index (χ4n) is 1.67. The zero-order valence-electron chi connectivity index (χ0n) is 9.16. The zero-order valence-corrected chi connectivity index (χ0v) is 9.98. The van der Waals surface area contributed by atoms with Gasteiger partial charge in [-0.15, -0.1) is 11.8 Å². The van der Waals surface area contributed by atoms with Crippen LogP contribution in [0, 0.1) is 0 Å². The molecule has 1 saturated heterocycles. The minimum absolute atomic E-state index is 0.254. The highest BCUT2D eigenvalue weighted by molar-refractivity contribution is 8.00. The number of aliphatic hydroxyl groups excluding tert-OH is 3. The topological polar surface area (TPSA) is 99.0 Å². The number of carbonyl (C=O) groups excluding carboxylic acids is 1. The van der Waals surface area contributed by atoms with Gasteiger partial charge in [-0.1, -0.05) is 0 Å². The van der Waals surface area contributed by atoms with E-state index >= 15 is 0 Å². The van der Waals surface area contributed by atoms with Gasteiger partial charge in [-0.2, -0.15) is 0 Å². The van der Waals surface area contributed by atoms with Crippen LogP contribution >= 0.6 is 11.8 Å². The highest BCUT2D eigenvalue weighted by Crippen LogP contribution is 2.32. The third-order valence-corrected chi connectivity index (χ3v) is 4.01. The third-order valence-electron chi connectivity index (χ3n) is 2.48. The quantitative estimate of drug-likeness (QED) is 0.477. The number of hydrogen-bond donors (Lipinski definition) is 4. The normalized spacial score (nSPS) is 39.4. The van der Waals surface area contributed by atoms with E-state index in [4.69, 9.17) is 9.84 Å². The number of ether oxygens (including phenoxy) is 1. The fourth-order valence-corrected chi connectivity index (χ4v) is 2.93. The lowest BCUT2D eigenvalue weighted by Crippen LogP contribution is -2.60. The maximum absolute atomic E-state index is 11.0. The predicted octanol–water partition coefficient (Wildman–Crippen LogP) is -1.71. The molecular formula is C9H17NO5S. The summed E-state index contributed by atoms with van der Waals surface area (Å²) in [7, 11) is 1.45. The standard InChI is InChI=1S/C9H17NO5S/c1-4(12)10-6-8(14)7(13)5(3-11)16-9(6)15-2/h5-9,11,13-14H,3H2,1-2H3,(H,10,12)/t5-,6-,7-,8-,9?/m1/s1. The van der Waals surface area contributed by atoms with E-state index in [2.05, 4.69) is 5.32 Å².